The highest BCUT2D eigenvalue weighted by molar-refractivity contribution is 6.19. The van der Waals surface area contributed by atoms with Crippen LogP contribution in [-0.2, 0) is 4.74 Å². The van der Waals surface area contributed by atoms with Gasteiger partial charge in [0.05, 0.1) is 12.0 Å². The highest BCUT2D eigenvalue weighted by atomic mass is 35.5. The molecule has 2 aromatic rings. The van der Waals surface area contributed by atoms with Gasteiger partial charge >= 0.3 is 0 Å². The second-order valence-corrected chi connectivity index (χ2v) is 4.78. The Labute approximate surface area is 124 Å². The Kier molecular flexibility index (Phi) is 5.29. The smallest absolute Gasteiger partial charge is 0.120 e. The molecular formula is C17H17ClO2. The molecular weight excluding hydrogens is 272 g/mol. The average Bonchev–Trinajstić information content (AvgIpc) is 2.50. The number of hydrogen-bond donors (Lipinski definition) is 0. The molecule has 104 valence electrons. The summed E-state index contributed by atoms with van der Waals surface area (Å²) in [5.74, 6) is 7.07. The summed E-state index contributed by atoms with van der Waals surface area (Å²) >= 11 is 5.56. The predicted octanol–water partition coefficient (Wildman–Crippen LogP) is 3.84. The minimum absolute atomic E-state index is 0.0823. The zero-order valence-corrected chi connectivity index (χ0v) is 12.4. The van der Waals surface area contributed by atoms with Crippen molar-refractivity contribution in [2.24, 2.45) is 0 Å². The molecule has 0 N–H and O–H groups in total. The summed E-state index contributed by atoms with van der Waals surface area (Å²) in [5, 5.41) is 2.27. The van der Waals surface area contributed by atoms with Gasteiger partial charge in [-0.3, -0.25) is 0 Å². The van der Waals surface area contributed by atoms with Crippen molar-refractivity contribution < 1.29 is 9.47 Å². The summed E-state index contributed by atoms with van der Waals surface area (Å²) in [5.41, 5.74) is 0.972. The van der Waals surface area contributed by atoms with Crippen molar-refractivity contribution in [3.05, 3.63) is 42.0 Å². The van der Waals surface area contributed by atoms with Gasteiger partial charge in [0.1, 0.15) is 12.4 Å². The van der Waals surface area contributed by atoms with Crippen LogP contribution in [0.4, 0.5) is 0 Å². The lowest BCUT2D eigenvalue weighted by Crippen LogP contribution is -2.15. The number of ether oxygens (including phenoxy) is 2. The number of fused-ring (bicyclic) bond motifs is 1. The Bertz CT molecular complexity index is 640. The standard InChI is InChI=1S/C17H17ClO2/c1-13(19-2)12-20-17-8-7-15-10-14(4-3-9-18)5-6-16(15)11-17/h5-8,10-11,13H,9,12H2,1-2H3. The molecule has 0 spiro atoms. The number of halogens is 1. The first-order valence-corrected chi connectivity index (χ1v) is 7.00. The van der Waals surface area contributed by atoms with E-state index in [2.05, 4.69) is 17.9 Å². The topological polar surface area (TPSA) is 18.5 Å². The van der Waals surface area contributed by atoms with Gasteiger partial charge in [0.25, 0.3) is 0 Å². The second-order valence-electron chi connectivity index (χ2n) is 4.52. The molecule has 0 heterocycles. The average molecular weight is 289 g/mol. The molecule has 0 fully saturated rings. The van der Waals surface area contributed by atoms with Crippen LogP contribution in [0.2, 0.25) is 0 Å². The number of alkyl halides is 1. The van der Waals surface area contributed by atoms with Gasteiger partial charge in [-0.2, -0.15) is 0 Å². The summed E-state index contributed by atoms with van der Waals surface area (Å²) < 4.78 is 10.9. The molecule has 2 rings (SSSR count). The molecule has 0 aliphatic rings. The maximum Gasteiger partial charge on any atom is 0.120 e. The fourth-order valence-electron chi connectivity index (χ4n) is 1.81. The van der Waals surface area contributed by atoms with E-state index in [1.807, 2.05) is 37.3 Å². The van der Waals surface area contributed by atoms with Crippen molar-refractivity contribution >= 4 is 22.4 Å². The summed E-state index contributed by atoms with van der Waals surface area (Å²) in [6.07, 6.45) is 0.0823. The normalized spacial score (nSPS) is 11.8. The van der Waals surface area contributed by atoms with Gasteiger partial charge in [0, 0.05) is 12.7 Å². The van der Waals surface area contributed by atoms with Crippen LogP contribution in [0.15, 0.2) is 36.4 Å². The quantitative estimate of drug-likeness (QED) is 0.628. The van der Waals surface area contributed by atoms with Crippen molar-refractivity contribution in [3.8, 4) is 17.6 Å². The van der Waals surface area contributed by atoms with E-state index in [4.69, 9.17) is 21.1 Å². The van der Waals surface area contributed by atoms with Gasteiger partial charge in [-0.1, -0.05) is 24.0 Å². The van der Waals surface area contributed by atoms with E-state index in [9.17, 15) is 0 Å². The van der Waals surface area contributed by atoms with Gasteiger partial charge < -0.3 is 9.47 Å². The molecule has 1 atom stereocenters. The van der Waals surface area contributed by atoms with Crippen LogP contribution in [-0.4, -0.2) is 25.7 Å². The largest absolute Gasteiger partial charge is 0.491 e. The van der Waals surface area contributed by atoms with Gasteiger partial charge in [-0.15, -0.1) is 11.6 Å². The van der Waals surface area contributed by atoms with Crippen LogP contribution >= 0.6 is 11.6 Å². The van der Waals surface area contributed by atoms with Crippen molar-refractivity contribution in [1.29, 1.82) is 0 Å². The first-order chi connectivity index (χ1) is 9.72. The maximum absolute atomic E-state index is 5.69. The fraction of sp³-hybridized carbons (Fsp3) is 0.294. The Morgan fingerprint density at radius 2 is 1.90 bits per heavy atom. The molecule has 0 aromatic heterocycles. The molecule has 3 heteroatoms. The molecule has 0 aliphatic heterocycles. The number of hydrogen-bond acceptors (Lipinski definition) is 2. The monoisotopic (exact) mass is 288 g/mol. The van der Waals surface area contributed by atoms with Gasteiger partial charge in [-0.25, -0.2) is 0 Å². The van der Waals surface area contributed by atoms with Crippen LogP contribution in [0.3, 0.4) is 0 Å². The first-order valence-electron chi connectivity index (χ1n) is 6.47. The van der Waals surface area contributed by atoms with E-state index in [1.165, 1.54) is 0 Å². The third kappa shape index (κ3) is 3.90. The Morgan fingerprint density at radius 1 is 1.15 bits per heavy atom. The van der Waals surface area contributed by atoms with E-state index >= 15 is 0 Å². The van der Waals surface area contributed by atoms with Crippen molar-refractivity contribution in [2.45, 2.75) is 13.0 Å². The third-order valence-electron chi connectivity index (χ3n) is 3.00. The second kappa shape index (κ2) is 7.19. The van der Waals surface area contributed by atoms with Crippen molar-refractivity contribution in [3.63, 3.8) is 0 Å². The first kappa shape index (κ1) is 14.7. The zero-order chi connectivity index (χ0) is 14.4. The summed E-state index contributed by atoms with van der Waals surface area (Å²) in [6, 6.07) is 12.1. The van der Waals surface area contributed by atoms with Gasteiger partial charge in [-0.05, 0) is 42.0 Å². The molecule has 0 aliphatic carbocycles. The van der Waals surface area contributed by atoms with E-state index in [0.29, 0.717) is 12.5 Å². The van der Waals surface area contributed by atoms with E-state index in [-0.39, 0.29) is 6.10 Å². The highest BCUT2D eigenvalue weighted by Crippen LogP contribution is 2.22. The van der Waals surface area contributed by atoms with E-state index in [0.717, 1.165) is 22.1 Å². The van der Waals surface area contributed by atoms with Crippen LogP contribution in [0.25, 0.3) is 10.8 Å². The maximum atomic E-state index is 5.69. The molecule has 0 bridgehead atoms. The summed E-state index contributed by atoms with van der Waals surface area (Å²) in [7, 11) is 1.68. The Balaban J connectivity index is 2.18. The third-order valence-corrected chi connectivity index (χ3v) is 3.13. The van der Waals surface area contributed by atoms with Crippen LogP contribution < -0.4 is 4.74 Å². The summed E-state index contributed by atoms with van der Waals surface area (Å²) in [4.78, 5) is 0. The molecule has 2 aromatic carbocycles. The highest BCUT2D eigenvalue weighted by Gasteiger charge is 2.02. The lowest BCUT2D eigenvalue weighted by atomic mass is 10.1. The van der Waals surface area contributed by atoms with Gasteiger partial charge in [0.2, 0.25) is 0 Å². The molecule has 0 saturated heterocycles. The number of benzene rings is 2. The SMILES string of the molecule is COC(C)COc1ccc2cc(C#CCCl)ccc2c1. The predicted molar refractivity (Wildman–Crippen MR) is 83.5 cm³/mol. The van der Waals surface area contributed by atoms with E-state index in [1.54, 1.807) is 7.11 Å². The lowest BCUT2D eigenvalue weighted by Gasteiger charge is -2.12. The van der Waals surface area contributed by atoms with Crippen LogP contribution in [0, 0.1) is 11.8 Å². The molecule has 0 saturated carbocycles. The lowest BCUT2D eigenvalue weighted by molar-refractivity contribution is 0.0717. The molecule has 20 heavy (non-hydrogen) atoms. The summed E-state index contributed by atoms with van der Waals surface area (Å²) in [6.45, 7) is 2.52. The van der Waals surface area contributed by atoms with Crippen molar-refractivity contribution in [1.82, 2.24) is 0 Å². The Morgan fingerprint density at radius 3 is 2.65 bits per heavy atom. The van der Waals surface area contributed by atoms with Crippen molar-refractivity contribution in [2.75, 3.05) is 19.6 Å². The Hall–Kier alpha value is -1.69. The molecule has 0 amide bonds. The number of rotatable bonds is 4. The minimum Gasteiger partial charge on any atom is -0.491 e. The zero-order valence-electron chi connectivity index (χ0n) is 11.7. The van der Waals surface area contributed by atoms with E-state index < -0.39 is 0 Å². The van der Waals surface area contributed by atoms with Gasteiger partial charge in [0.15, 0.2) is 0 Å². The molecule has 0 radical (unpaired) electrons. The fourth-order valence-corrected chi connectivity index (χ4v) is 1.88. The van der Waals surface area contributed by atoms with Crippen LogP contribution in [0.5, 0.6) is 5.75 Å². The molecule has 1 unspecified atom stereocenters. The number of methoxy groups -OCH3 is 1. The minimum atomic E-state index is 0.0823. The molecule has 2 nitrogen and oxygen atoms in total. The van der Waals surface area contributed by atoms with Crippen LogP contribution in [0.1, 0.15) is 12.5 Å².